The maximum Gasteiger partial charge on any atom is 0.328 e. The van der Waals surface area contributed by atoms with Gasteiger partial charge in [-0.1, -0.05) is 5.57 Å². The number of anilines is 1. The minimum Gasteiger partial charge on any atom is -0.480 e. The van der Waals surface area contributed by atoms with Gasteiger partial charge in [0.2, 0.25) is 11.9 Å². The summed E-state index contributed by atoms with van der Waals surface area (Å²) in [5.74, 6) is -0.805. The number of aliphatic carboxylic acids is 1. The van der Waals surface area contributed by atoms with E-state index in [1.165, 1.54) is 11.0 Å². The third-order valence-electron chi connectivity index (χ3n) is 3.20. The lowest BCUT2D eigenvalue weighted by Crippen LogP contribution is -2.58. The monoisotopic (exact) mass is 290 g/mol. The van der Waals surface area contributed by atoms with Gasteiger partial charge in [-0.2, -0.15) is 0 Å². The number of hydrogen-bond donors (Lipinski definition) is 1. The molecule has 0 aromatic carbocycles. The van der Waals surface area contributed by atoms with Gasteiger partial charge in [-0.3, -0.25) is 4.79 Å². The number of hydrogen-bond acceptors (Lipinski definition) is 5. The van der Waals surface area contributed by atoms with Gasteiger partial charge in [-0.15, -0.1) is 0 Å². The number of piperazine rings is 1. The van der Waals surface area contributed by atoms with E-state index < -0.39 is 12.0 Å². The molecule has 112 valence electrons. The van der Waals surface area contributed by atoms with Crippen molar-refractivity contribution in [1.29, 1.82) is 0 Å². The lowest BCUT2D eigenvalue weighted by molar-refractivity contribution is -0.148. The Bertz CT molecular complexity index is 555. The summed E-state index contributed by atoms with van der Waals surface area (Å²) in [7, 11) is 0. The fourth-order valence-corrected chi connectivity index (χ4v) is 2.22. The van der Waals surface area contributed by atoms with Gasteiger partial charge in [0.1, 0.15) is 6.04 Å². The molecule has 1 saturated heterocycles. The van der Waals surface area contributed by atoms with Crippen LogP contribution in [0, 0.1) is 0 Å². The predicted molar refractivity (Wildman–Crippen MR) is 76.8 cm³/mol. The molecule has 0 radical (unpaired) electrons. The van der Waals surface area contributed by atoms with Crippen LogP contribution in [-0.4, -0.2) is 57.5 Å². The summed E-state index contributed by atoms with van der Waals surface area (Å²) in [5.41, 5.74) is 0.845. The van der Waals surface area contributed by atoms with Gasteiger partial charge in [0.05, 0.1) is 6.54 Å². The summed E-state index contributed by atoms with van der Waals surface area (Å²) >= 11 is 0. The molecule has 0 saturated carbocycles. The van der Waals surface area contributed by atoms with Crippen LogP contribution in [0.15, 0.2) is 30.1 Å². The SMILES string of the molecule is CC(C)=CC(=O)N1CCN(c2ncccn2)CC1C(=O)O. The number of carboxylic acid groups (broad SMARTS) is 1. The number of aromatic nitrogens is 2. The Morgan fingerprint density at radius 3 is 2.52 bits per heavy atom. The molecule has 7 nitrogen and oxygen atoms in total. The Kier molecular flexibility index (Phi) is 4.52. The molecule has 1 aromatic rings. The van der Waals surface area contributed by atoms with Crippen molar-refractivity contribution >= 4 is 17.8 Å². The quantitative estimate of drug-likeness (QED) is 0.818. The molecule has 1 aromatic heterocycles. The second kappa shape index (κ2) is 6.34. The molecule has 0 bridgehead atoms. The van der Waals surface area contributed by atoms with Gasteiger partial charge in [-0.25, -0.2) is 14.8 Å². The smallest absolute Gasteiger partial charge is 0.328 e. The maximum atomic E-state index is 12.1. The van der Waals surface area contributed by atoms with Gasteiger partial charge in [-0.05, 0) is 19.9 Å². The summed E-state index contributed by atoms with van der Waals surface area (Å²) in [6, 6.07) is 0.804. The zero-order chi connectivity index (χ0) is 15.4. The van der Waals surface area contributed by atoms with Gasteiger partial charge in [0.15, 0.2) is 0 Å². The Balaban J connectivity index is 2.17. The first kappa shape index (κ1) is 15.0. The Morgan fingerprint density at radius 2 is 1.95 bits per heavy atom. The van der Waals surface area contributed by atoms with Crippen molar-refractivity contribution in [3.63, 3.8) is 0 Å². The van der Waals surface area contributed by atoms with E-state index in [0.29, 0.717) is 19.0 Å². The average molecular weight is 290 g/mol. The van der Waals surface area contributed by atoms with Gasteiger partial charge >= 0.3 is 5.97 Å². The normalized spacial score (nSPS) is 18.3. The third-order valence-corrected chi connectivity index (χ3v) is 3.20. The standard InChI is InChI=1S/C14H18N4O3/c1-10(2)8-12(19)18-7-6-17(9-11(18)13(20)21)14-15-4-3-5-16-14/h3-5,8,11H,6-7,9H2,1-2H3,(H,20,21). The number of amides is 1. The van der Waals surface area contributed by atoms with Crippen molar-refractivity contribution in [2.75, 3.05) is 24.5 Å². The lowest BCUT2D eigenvalue weighted by Gasteiger charge is -2.38. The number of carbonyl (C=O) groups is 2. The van der Waals surface area contributed by atoms with Crippen LogP contribution in [0.2, 0.25) is 0 Å². The van der Waals surface area contributed by atoms with Crippen LogP contribution in [0.4, 0.5) is 5.95 Å². The van der Waals surface area contributed by atoms with E-state index in [0.717, 1.165) is 5.57 Å². The van der Waals surface area contributed by atoms with Crippen molar-refractivity contribution in [2.24, 2.45) is 0 Å². The molecule has 0 aliphatic carbocycles. The first-order valence-corrected chi connectivity index (χ1v) is 6.69. The molecule has 7 heteroatoms. The molecule has 0 spiro atoms. The van der Waals surface area contributed by atoms with Crippen molar-refractivity contribution in [3.8, 4) is 0 Å². The number of carboxylic acids is 1. The van der Waals surface area contributed by atoms with Gasteiger partial charge in [0.25, 0.3) is 0 Å². The zero-order valence-electron chi connectivity index (χ0n) is 12.1. The zero-order valence-corrected chi connectivity index (χ0v) is 12.1. The molecule has 2 rings (SSSR count). The lowest BCUT2D eigenvalue weighted by atomic mass is 10.1. The summed E-state index contributed by atoms with van der Waals surface area (Å²) in [6.45, 7) is 4.64. The van der Waals surface area contributed by atoms with Gasteiger partial charge < -0.3 is 14.9 Å². The highest BCUT2D eigenvalue weighted by Gasteiger charge is 2.35. The van der Waals surface area contributed by atoms with Crippen LogP contribution in [-0.2, 0) is 9.59 Å². The molecular weight excluding hydrogens is 272 g/mol. The topological polar surface area (TPSA) is 86.6 Å². The second-order valence-corrected chi connectivity index (χ2v) is 5.10. The van der Waals surface area contributed by atoms with Crippen molar-refractivity contribution in [3.05, 3.63) is 30.1 Å². The molecule has 1 unspecified atom stereocenters. The summed E-state index contributed by atoms with van der Waals surface area (Å²) in [4.78, 5) is 35.0. The van der Waals surface area contributed by atoms with Crippen molar-refractivity contribution in [2.45, 2.75) is 19.9 Å². The van der Waals surface area contributed by atoms with E-state index in [9.17, 15) is 14.7 Å². The highest BCUT2D eigenvalue weighted by atomic mass is 16.4. The summed E-state index contributed by atoms with van der Waals surface area (Å²) in [5, 5.41) is 9.37. The van der Waals surface area contributed by atoms with Crippen molar-refractivity contribution in [1.82, 2.24) is 14.9 Å². The molecule has 1 N–H and O–H groups in total. The number of nitrogens with zero attached hydrogens (tertiary/aromatic N) is 4. The van der Waals surface area contributed by atoms with E-state index in [4.69, 9.17) is 0 Å². The fourth-order valence-electron chi connectivity index (χ4n) is 2.22. The molecule has 21 heavy (non-hydrogen) atoms. The van der Waals surface area contributed by atoms with Crippen LogP contribution in [0.25, 0.3) is 0 Å². The molecule has 1 atom stereocenters. The van der Waals surface area contributed by atoms with Crippen LogP contribution >= 0.6 is 0 Å². The Morgan fingerprint density at radius 1 is 1.29 bits per heavy atom. The van der Waals surface area contributed by atoms with E-state index in [1.807, 2.05) is 13.8 Å². The molecule has 1 amide bonds. The Hall–Kier alpha value is -2.44. The molecule has 1 fully saturated rings. The van der Waals surface area contributed by atoms with Crippen LogP contribution in [0.1, 0.15) is 13.8 Å². The third kappa shape index (κ3) is 3.56. The number of rotatable bonds is 3. The molecule has 2 heterocycles. The summed E-state index contributed by atoms with van der Waals surface area (Å²) in [6.07, 6.45) is 4.68. The van der Waals surface area contributed by atoms with Gasteiger partial charge in [0, 0.05) is 31.6 Å². The highest BCUT2D eigenvalue weighted by molar-refractivity contribution is 5.92. The molecular formula is C14H18N4O3. The van der Waals surface area contributed by atoms with E-state index in [-0.39, 0.29) is 12.5 Å². The van der Waals surface area contributed by atoms with E-state index >= 15 is 0 Å². The molecule has 1 aliphatic heterocycles. The summed E-state index contributed by atoms with van der Waals surface area (Å²) < 4.78 is 0. The van der Waals surface area contributed by atoms with Crippen molar-refractivity contribution < 1.29 is 14.7 Å². The largest absolute Gasteiger partial charge is 0.480 e. The highest BCUT2D eigenvalue weighted by Crippen LogP contribution is 2.16. The number of carbonyl (C=O) groups excluding carboxylic acids is 1. The van der Waals surface area contributed by atoms with Crippen LogP contribution in [0.5, 0.6) is 0 Å². The Labute approximate surface area is 122 Å². The molecule has 1 aliphatic rings. The van der Waals surface area contributed by atoms with Crippen LogP contribution < -0.4 is 4.90 Å². The fraction of sp³-hybridized carbons (Fsp3) is 0.429. The number of allylic oxidation sites excluding steroid dienone is 1. The second-order valence-electron chi connectivity index (χ2n) is 5.10. The minimum absolute atomic E-state index is 0.182. The first-order valence-electron chi connectivity index (χ1n) is 6.69. The average Bonchev–Trinajstić information content (AvgIpc) is 2.46. The predicted octanol–water partition coefficient (Wildman–Crippen LogP) is 0.545. The maximum absolute atomic E-state index is 12.1. The van der Waals surface area contributed by atoms with E-state index in [1.54, 1.807) is 23.4 Å². The van der Waals surface area contributed by atoms with Crippen LogP contribution in [0.3, 0.4) is 0 Å². The first-order chi connectivity index (χ1) is 9.99. The minimum atomic E-state index is -1.02. The van der Waals surface area contributed by atoms with E-state index in [2.05, 4.69) is 9.97 Å².